The van der Waals surface area contributed by atoms with E-state index in [-0.39, 0.29) is 17.7 Å². The summed E-state index contributed by atoms with van der Waals surface area (Å²) in [7, 11) is 1.56. The summed E-state index contributed by atoms with van der Waals surface area (Å²) in [5.74, 6) is 0.104. The smallest absolute Gasteiger partial charge is 0.383 e. The van der Waals surface area contributed by atoms with Crippen molar-refractivity contribution in [2.75, 3.05) is 12.8 Å². The standard InChI is InChI=1S/C21H20F3N5O2/c1-10(15-6-7-17(28-27-15)21(22,23)24)29(3)20(30)12-4-5-16-13(8-12)14-9-31-11(2)18(14)19(25)26-16/h4-8,10-11H,9H2,1-3H3,(H2,25,26)/t10-,11-/m1/s1. The molecule has 3 heterocycles. The molecule has 4 rings (SSSR count). The quantitative estimate of drug-likeness (QED) is 0.672. The van der Waals surface area contributed by atoms with Crippen molar-refractivity contribution in [1.29, 1.82) is 0 Å². The minimum atomic E-state index is -4.57. The van der Waals surface area contributed by atoms with Crippen molar-refractivity contribution in [2.24, 2.45) is 0 Å². The summed E-state index contributed by atoms with van der Waals surface area (Å²) >= 11 is 0. The molecule has 2 N–H and O–H groups in total. The van der Waals surface area contributed by atoms with Gasteiger partial charge in [-0.1, -0.05) is 0 Å². The number of nitrogens with two attached hydrogens (primary N) is 1. The predicted octanol–water partition coefficient (Wildman–Crippen LogP) is 4.05. The Morgan fingerprint density at radius 3 is 2.65 bits per heavy atom. The highest BCUT2D eigenvalue weighted by atomic mass is 19.4. The Labute approximate surface area is 176 Å². The normalized spacial score (nSPS) is 16.9. The number of alkyl halides is 3. The predicted molar refractivity (Wildman–Crippen MR) is 107 cm³/mol. The van der Waals surface area contributed by atoms with Crippen LogP contribution in [0.3, 0.4) is 0 Å². The second kappa shape index (κ2) is 7.45. The van der Waals surface area contributed by atoms with Gasteiger partial charge in [-0.3, -0.25) is 4.79 Å². The second-order valence-electron chi connectivity index (χ2n) is 7.51. The Morgan fingerprint density at radius 2 is 2.00 bits per heavy atom. The molecule has 2 aromatic heterocycles. The minimum Gasteiger partial charge on any atom is -0.383 e. The van der Waals surface area contributed by atoms with Gasteiger partial charge in [0.25, 0.3) is 5.91 Å². The maximum Gasteiger partial charge on any atom is 0.435 e. The molecule has 0 unspecified atom stereocenters. The summed E-state index contributed by atoms with van der Waals surface area (Å²) in [6.07, 6.45) is -4.74. The topological polar surface area (TPSA) is 94.2 Å². The van der Waals surface area contributed by atoms with Gasteiger partial charge in [-0.25, -0.2) is 4.98 Å². The molecule has 1 aliphatic heterocycles. The summed E-state index contributed by atoms with van der Waals surface area (Å²) in [4.78, 5) is 18.9. The van der Waals surface area contributed by atoms with Crippen LogP contribution >= 0.6 is 0 Å². The van der Waals surface area contributed by atoms with Crippen LogP contribution in [-0.2, 0) is 17.5 Å². The van der Waals surface area contributed by atoms with E-state index < -0.39 is 17.9 Å². The number of hydrogen-bond donors (Lipinski definition) is 1. The third kappa shape index (κ3) is 3.67. The number of rotatable bonds is 3. The average Bonchev–Trinajstić information content (AvgIpc) is 3.14. The number of amides is 1. The van der Waals surface area contributed by atoms with Crippen LogP contribution in [0.1, 0.15) is 58.9 Å². The number of nitrogens with zero attached hydrogens (tertiary/aromatic N) is 4. The Morgan fingerprint density at radius 1 is 1.26 bits per heavy atom. The van der Waals surface area contributed by atoms with E-state index in [9.17, 15) is 18.0 Å². The van der Waals surface area contributed by atoms with E-state index in [1.807, 2.05) is 6.92 Å². The monoisotopic (exact) mass is 431 g/mol. The van der Waals surface area contributed by atoms with Crippen LogP contribution < -0.4 is 5.73 Å². The van der Waals surface area contributed by atoms with Gasteiger partial charge in [0.05, 0.1) is 30.0 Å². The van der Waals surface area contributed by atoms with Crippen molar-refractivity contribution in [2.45, 2.75) is 38.8 Å². The van der Waals surface area contributed by atoms with Gasteiger partial charge < -0.3 is 15.4 Å². The molecule has 10 heteroatoms. The van der Waals surface area contributed by atoms with Gasteiger partial charge in [0.1, 0.15) is 5.82 Å². The van der Waals surface area contributed by atoms with Crippen molar-refractivity contribution in [3.63, 3.8) is 0 Å². The lowest BCUT2D eigenvalue weighted by Crippen LogP contribution is -2.30. The number of carbonyl (C=O) groups excluding carboxylic acids is 1. The first-order valence-electron chi connectivity index (χ1n) is 9.59. The molecule has 0 saturated carbocycles. The van der Waals surface area contributed by atoms with Gasteiger partial charge >= 0.3 is 6.18 Å². The number of pyridine rings is 1. The molecule has 1 aromatic carbocycles. The summed E-state index contributed by atoms with van der Waals surface area (Å²) in [5, 5.41) is 7.67. The van der Waals surface area contributed by atoms with E-state index in [2.05, 4.69) is 15.2 Å². The maximum atomic E-state index is 13.1. The number of halogens is 3. The fourth-order valence-corrected chi connectivity index (χ4v) is 3.69. The Kier molecular flexibility index (Phi) is 5.04. The molecule has 1 amide bonds. The third-order valence-electron chi connectivity index (χ3n) is 5.60. The van der Waals surface area contributed by atoms with E-state index in [0.717, 1.165) is 22.6 Å². The van der Waals surface area contributed by atoms with Crippen molar-refractivity contribution >= 4 is 22.6 Å². The summed E-state index contributed by atoms with van der Waals surface area (Å²) < 4.78 is 43.8. The van der Waals surface area contributed by atoms with Gasteiger partial charge in [-0.15, -0.1) is 5.10 Å². The zero-order valence-corrected chi connectivity index (χ0v) is 17.1. The van der Waals surface area contributed by atoms with Crippen LogP contribution in [0.4, 0.5) is 19.0 Å². The number of nitrogen functional groups attached to an aromatic ring is 1. The van der Waals surface area contributed by atoms with Crippen molar-refractivity contribution in [1.82, 2.24) is 20.1 Å². The zero-order chi connectivity index (χ0) is 22.5. The van der Waals surface area contributed by atoms with Crippen LogP contribution in [-0.4, -0.2) is 33.0 Å². The first kappa shape index (κ1) is 21.0. The fourth-order valence-electron chi connectivity index (χ4n) is 3.69. The molecular weight excluding hydrogens is 411 g/mol. The number of hydrogen-bond acceptors (Lipinski definition) is 6. The first-order chi connectivity index (χ1) is 14.6. The van der Waals surface area contributed by atoms with Crippen LogP contribution in [0, 0.1) is 0 Å². The number of fused-ring (bicyclic) bond motifs is 3. The number of aromatic nitrogens is 3. The molecule has 162 valence electrons. The molecular formula is C21H20F3N5O2. The van der Waals surface area contributed by atoms with Gasteiger partial charge in [0.2, 0.25) is 0 Å². The third-order valence-corrected chi connectivity index (χ3v) is 5.60. The lowest BCUT2D eigenvalue weighted by molar-refractivity contribution is -0.141. The lowest BCUT2D eigenvalue weighted by atomic mass is 10.00. The van der Waals surface area contributed by atoms with Gasteiger partial charge in [0, 0.05) is 23.6 Å². The van der Waals surface area contributed by atoms with Crippen LogP contribution in [0.15, 0.2) is 30.3 Å². The number of anilines is 1. The number of carbonyl (C=O) groups is 1. The number of benzene rings is 1. The molecule has 0 radical (unpaired) electrons. The molecule has 2 atom stereocenters. The molecule has 3 aromatic rings. The Bertz CT molecular complexity index is 1160. The summed E-state index contributed by atoms with van der Waals surface area (Å²) in [6, 6.07) is 6.60. The number of ether oxygens (including phenoxy) is 1. The van der Waals surface area contributed by atoms with E-state index in [0.29, 0.717) is 23.5 Å². The average molecular weight is 431 g/mol. The van der Waals surface area contributed by atoms with Crippen LogP contribution in [0.5, 0.6) is 0 Å². The van der Waals surface area contributed by atoms with Crippen molar-refractivity contribution < 1.29 is 22.7 Å². The highest BCUT2D eigenvalue weighted by molar-refractivity contribution is 5.99. The van der Waals surface area contributed by atoms with Crippen LogP contribution in [0.25, 0.3) is 10.9 Å². The summed E-state index contributed by atoms with van der Waals surface area (Å²) in [5.41, 5.74) is 8.06. The first-order valence-corrected chi connectivity index (χ1v) is 9.59. The molecule has 0 spiro atoms. The molecule has 1 aliphatic rings. The summed E-state index contributed by atoms with van der Waals surface area (Å²) in [6.45, 7) is 3.95. The molecule has 0 fully saturated rings. The van der Waals surface area contributed by atoms with Crippen molar-refractivity contribution in [3.05, 3.63) is 58.4 Å². The van der Waals surface area contributed by atoms with Gasteiger partial charge in [-0.05, 0) is 49.7 Å². The van der Waals surface area contributed by atoms with Gasteiger partial charge in [-0.2, -0.15) is 18.3 Å². The molecule has 0 bridgehead atoms. The maximum absolute atomic E-state index is 13.1. The van der Waals surface area contributed by atoms with Gasteiger partial charge in [0.15, 0.2) is 5.69 Å². The molecule has 31 heavy (non-hydrogen) atoms. The van der Waals surface area contributed by atoms with Crippen LogP contribution in [0.2, 0.25) is 0 Å². The molecule has 7 nitrogen and oxygen atoms in total. The van der Waals surface area contributed by atoms with E-state index in [1.54, 1.807) is 32.2 Å². The minimum absolute atomic E-state index is 0.174. The fraction of sp³-hybridized carbons (Fsp3) is 0.333. The van der Waals surface area contributed by atoms with E-state index in [4.69, 9.17) is 10.5 Å². The highest BCUT2D eigenvalue weighted by Gasteiger charge is 2.33. The van der Waals surface area contributed by atoms with E-state index in [1.165, 1.54) is 11.0 Å². The lowest BCUT2D eigenvalue weighted by Gasteiger charge is -2.24. The van der Waals surface area contributed by atoms with E-state index >= 15 is 0 Å². The SMILES string of the molecule is C[C@H](c1ccc(C(F)(F)F)nn1)N(C)C(=O)c1ccc2nc(N)c3c(c2c1)CO[C@@H]3C. The largest absolute Gasteiger partial charge is 0.435 e. The molecule has 0 saturated heterocycles. The highest BCUT2D eigenvalue weighted by Crippen LogP contribution is 2.38. The van der Waals surface area contributed by atoms with Crippen molar-refractivity contribution in [3.8, 4) is 0 Å². The Balaban J connectivity index is 1.63. The second-order valence-corrected chi connectivity index (χ2v) is 7.51. The molecule has 0 aliphatic carbocycles. The zero-order valence-electron chi connectivity index (χ0n) is 17.1. The Hall–Kier alpha value is -3.27.